The molecule has 9 heteroatoms. The van der Waals surface area contributed by atoms with Crippen molar-refractivity contribution in [2.24, 2.45) is 0 Å². The molecule has 0 aromatic carbocycles. The Labute approximate surface area is 330 Å². The van der Waals surface area contributed by atoms with E-state index in [1.165, 1.54) is 180 Å². The summed E-state index contributed by atoms with van der Waals surface area (Å²) < 4.78 is 11.3. The minimum atomic E-state index is -3.61. The molecule has 0 heterocycles. The Balaban J connectivity index is 3.46. The summed E-state index contributed by atoms with van der Waals surface area (Å²) in [7, 11) is 0. The molecular weight excluding hydrogens is 783 g/mol. The van der Waals surface area contributed by atoms with Gasteiger partial charge in [0.1, 0.15) is 0 Å². The van der Waals surface area contributed by atoms with Crippen LogP contribution >= 0.6 is 23.5 Å². The van der Waals surface area contributed by atoms with Crippen LogP contribution in [-0.4, -0.2) is 77.6 Å². The third-order valence-corrected chi connectivity index (χ3v) is 15.7. The standard InChI is InChI=1S/2C20H40O3S.2CH3.Sn/c2*21-17-15-13-11-9-7-5-3-1-2-4-6-8-10-12-14-16-18-24-19-20(22)23;;;/h2*21H,1-19H2,(H,22,23);2*1H3;/q;;;;+2/p-2. The normalized spacial score (nSPS) is 11.7. The number of carbonyl (C=O) groups excluding carboxylic acids is 2. The van der Waals surface area contributed by atoms with Gasteiger partial charge in [0, 0.05) is 13.2 Å². The van der Waals surface area contributed by atoms with Crippen molar-refractivity contribution in [3.8, 4) is 0 Å². The van der Waals surface area contributed by atoms with Crippen molar-refractivity contribution in [3.63, 3.8) is 0 Å². The van der Waals surface area contributed by atoms with Gasteiger partial charge < -0.3 is 10.2 Å². The van der Waals surface area contributed by atoms with E-state index in [-0.39, 0.29) is 11.9 Å². The molecule has 0 aliphatic carbocycles. The van der Waals surface area contributed by atoms with Crippen molar-refractivity contribution >= 4 is 54.7 Å². The van der Waals surface area contributed by atoms with E-state index in [0.717, 1.165) is 37.2 Å². The SMILES string of the molecule is [CH3][Sn]([CH3])([O]C(=O)CSCCCCCCCCCCCCCCCCCCO)[O]C(=O)CSCCCCCCCCCCCCCCCCCCO. The van der Waals surface area contributed by atoms with E-state index < -0.39 is 19.2 Å². The van der Waals surface area contributed by atoms with Gasteiger partial charge in [-0.25, -0.2) is 0 Å². The molecule has 0 fully saturated rings. The van der Waals surface area contributed by atoms with E-state index >= 15 is 0 Å². The van der Waals surface area contributed by atoms with E-state index in [9.17, 15) is 9.59 Å². The number of aliphatic hydroxyl groups is 2. The first-order valence-corrected chi connectivity index (χ1v) is 32.1. The van der Waals surface area contributed by atoms with Gasteiger partial charge in [-0.3, -0.25) is 0 Å². The number of hydrogen-bond acceptors (Lipinski definition) is 8. The van der Waals surface area contributed by atoms with Crippen LogP contribution in [0, 0.1) is 0 Å². The number of thioether (sulfide) groups is 2. The Morgan fingerprint density at radius 2 is 0.569 bits per heavy atom. The van der Waals surface area contributed by atoms with E-state index in [4.69, 9.17) is 16.4 Å². The van der Waals surface area contributed by atoms with Crippen LogP contribution in [0.4, 0.5) is 0 Å². The van der Waals surface area contributed by atoms with E-state index in [2.05, 4.69) is 0 Å². The van der Waals surface area contributed by atoms with E-state index in [0.29, 0.717) is 24.7 Å². The van der Waals surface area contributed by atoms with Crippen LogP contribution in [0.15, 0.2) is 0 Å². The smallest absolute Gasteiger partial charge is 0.396 e. The Bertz CT molecular complexity index is 684. The summed E-state index contributed by atoms with van der Waals surface area (Å²) >= 11 is -0.320. The summed E-state index contributed by atoms with van der Waals surface area (Å²) in [5, 5.41) is 17.6. The first-order valence-electron chi connectivity index (χ1n) is 21.7. The monoisotopic (exact) mass is 868 g/mol. The number of rotatable bonds is 42. The molecule has 0 aliphatic heterocycles. The maximum absolute atomic E-state index is 12.4. The summed E-state index contributed by atoms with van der Waals surface area (Å²) in [6, 6.07) is 0. The summed E-state index contributed by atoms with van der Waals surface area (Å²) in [6.07, 6.45) is 41.4. The van der Waals surface area contributed by atoms with Gasteiger partial charge in [-0.05, 0) is 12.8 Å². The summed E-state index contributed by atoms with van der Waals surface area (Å²) in [4.78, 5) is 28.4. The quantitative estimate of drug-likeness (QED) is 0.0463. The molecule has 0 unspecified atom stereocenters. The minimum absolute atomic E-state index is 0.226. The van der Waals surface area contributed by atoms with Crippen LogP contribution in [0.5, 0.6) is 0 Å². The molecular formula is C42H84O6S2Sn. The maximum atomic E-state index is 12.4. The van der Waals surface area contributed by atoms with E-state index in [1.807, 2.05) is 9.88 Å². The first kappa shape index (κ1) is 51.4. The Morgan fingerprint density at radius 3 is 0.784 bits per heavy atom. The first-order chi connectivity index (χ1) is 24.9. The van der Waals surface area contributed by atoms with Gasteiger partial charge >= 0.3 is 193 Å². The van der Waals surface area contributed by atoms with Gasteiger partial charge in [0.05, 0.1) is 0 Å². The molecule has 51 heavy (non-hydrogen) atoms. The molecule has 0 aromatic heterocycles. The number of carbonyl (C=O) groups is 2. The Hall–Kier alpha value is 0.359. The van der Waals surface area contributed by atoms with Crippen molar-refractivity contribution in [1.82, 2.24) is 0 Å². The molecule has 0 saturated heterocycles. The molecule has 0 saturated carbocycles. The van der Waals surface area contributed by atoms with Gasteiger partial charge in [0.15, 0.2) is 0 Å². The second kappa shape index (κ2) is 41.5. The fourth-order valence-corrected chi connectivity index (χ4v) is 12.3. The predicted octanol–water partition coefficient (Wildman–Crippen LogP) is 12.7. The van der Waals surface area contributed by atoms with Crippen LogP contribution in [-0.2, 0) is 15.7 Å². The second-order valence-corrected chi connectivity index (χ2v) is 26.6. The number of hydrogen-bond donors (Lipinski definition) is 2. The predicted molar refractivity (Wildman–Crippen MR) is 226 cm³/mol. The zero-order valence-corrected chi connectivity index (χ0v) is 38.2. The zero-order valence-electron chi connectivity index (χ0n) is 33.7. The molecule has 2 N–H and O–H groups in total. The number of aliphatic hydroxyl groups excluding tert-OH is 2. The molecule has 0 rings (SSSR count). The van der Waals surface area contributed by atoms with Gasteiger partial charge in [0.2, 0.25) is 0 Å². The van der Waals surface area contributed by atoms with Gasteiger partial charge in [-0.1, -0.05) is 103 Å². The fraction of sp³-hybridized carbons (Fsp3) is 0.952. The Kier molecular flexibility index (Phi) is 41.8. The molecule has 0 amide bonds. The van der Waals surface area contributed by atoms with Crippen molar-refractivity contribution in [3.05, 3.63) is 0 Å². The summed E-state index contributed by atoms with van der Waals surface area (Å²) in [6.45, 7) is 0.688. The zero-order chi connectivity index (χ0) is 37.4. The van der Waals surface area contributed by atoms with Gasteiger partial charge in [-0.2, -0.15) is 0 Å². The van der Waals surface area contributed by atoms with Crippen molar-refractivity contribution in [2.45, 2.75) is 215 Å². The van der Waals surface area contributed by atoms with Crippen molar-refractivity contribution < 1.29 is 26.0 Å². The van der Waals surface area contributed by atoms with E-state index in [1.54, 1.807) is 23.5 Å². The topological polar surface area (TPSA) is 93.1 Å². The third-order valence-electron chi connectivity index (χ3n) is 9.55. The van der Waals surface area contributed by atoms with Crippen LogP contribution in [0.1, 0.15) is 205 Å². The fourth-order valence-electron chi connectivity index (χ4n) is 6.52. The molecule has 0 aromatic rings. The molecule has 6 nitrogen and oxygen atoms in total. The minimum Gasteiger partial charge on any atom is -0.396 e. The average Bonchev–Trinajstić information content (AvgIpc) is 3.09. The summed E-state index contributed by atoms with van der Waals surface area (Å²) in [5.41, 5.74) is 0. The van der Waals surface area contributed by atoms with Crippen LogP contribution in [0.25, 0.3) is 0 Å². The molecule has 0 aliphatic rings. The molecule has 304 valence electrons. The Morgan fingerprint density at radius 1 is 0.373 bits per heavy atom. The van der Waals surface area contributed by atoms with Gasteiger partial charge in [-0.15, -0.1) is 0 Å². The van der Waals surface area contributed by atoms with Crippen LogP contribution in [0.3, 0.4) is 0 Å². The second-order valence-electron chi connectivity index (χ2n) is 15.2. The van der Waals surface area contributed by atoms with Crippen molar-refractivity contribution in [2.75, 3.05) is 36.2 Å². The number of unbranched alkanes of at least 4 members (excludes halogenated alkanes) is 30. The van der Waals surface area contributed by atoms with Crippen molar-refractivity contribution in [1.29, 1.82) is 0 Å². The molecule has 0 radical (unpaired) electrons. The van der Waals surface area contributed by atoms with Crippen LogP contribution in [0.2, 0.25) is 9.88 Å². The molecule has 0 bridgehead atoms. The summed E-state index contributed by atoms with van der Waals surface area (Å²) in [5.74, 6) is 2.22. The molecule has 0 atom stereocenters. The van der Waals surface area contributed by atoms with Gasteiger partial charge in [0.25, 0.3) is 0 Å². The average molecular weight is 868 g/mol. The third kappa shape index (κ3) is 43.0. The van der Waals surface area contributed by atoms with Crippen LogP contribution < -0.4 is 0 Å². The molecule has 0 spiro atoms.